The molecule has 242 valence electrons. The predicted octanol–water partition coefficient (Wildman–Crippen LogP) is 9.91. The van der Waals surface area contributed by atoms with Crippen molar-refractivity contribution < 1.29 is 0 Å². The van der Waals surface area contributed by atoms with Gasteiger partial charge >= 0.3 is 0 Å². The maximum atomic E-state index is 15.1. The first-order valence-corrected chi connectivity index (χ1v) is 17.2. The molecular weight excluding hydrogens is 627 g/mol. The van der Waals surface area contributed by atoms with Crippen LogP contribution in [-0.4, -0.2) is 24.1 Å². The second-order valence-electron chi connectivity index (χ2n) is 13.7. The Morgan fingerprint density at radius 3 is 1.78 bits per heavy atom. The molecule has 0 saturated carbocycles. The van der Waals surface area contributed by atoms with Crippen molar-refractivity contribution in [2.45, 2.75) is 19.3 Å². The van der Waals surface area contributed by atoms with E-state index < -0.39 is 0 Å². The second kappa shape index (κ2) is 10.9. The molecule has 6 aromatic carbocycles. The van der Waals surface area contributed by atoms with Crippen molar-refractivity contribution in [3.8, 4) is 45.5 Å². The summed E-state index contributed by atoms with van der Waals surface area (Å²) < 4.78 is 3.94. The molecule has 0 atom stereocenters. The Balaban J connectivity index is 1.41. The standard InChI is InChI=1S/C45H31N5O/c1-45(2)35-24-14-12-22-31(35)33-26-34-38(27-36(33)45)50(40-32-23-13-15-25-37(32)49(43(51)39(34)40)30-20-10-5-11-21-30)44-47-41(28-16-6-3-7-17-28)46-42(48-44)29-18-8-4-9-19-29/h3-27H,1-2H3. The Morgan fingerprint density at radius 2 is 1.10 bits per heavy atom. The smallest absolute Gasteiger partial charge is 0.265 e. The summed E-state index contributed by atoms with van der Waals surface area (Å²) in [5.41, 5.74) is 9.51. The first-order valence-electron chi connectivity index (χ1n) is 17.2. The van der Waals surface area contributed by atoms with Crippen LogP contribution in [0.1, 0.15) is 25.0 Å². The topological polar surface area (TPSA) is 65.6 Å². The first-order chi connectivity index (χ1) is 25.0. The Bertz CT molecular complexity index is 2830. The van der Waals surface area contributed by atoms with E-state index in [0.717, 1.165) is 49.7 Å². The number of aromatic nitrogens is 5. The maximum Gasteiger partial charge on any atom is 0.265 e. The summed E-state index contributed by atoms with van der Waals surface area (Å²) >= 11 is 0. The van der Waals surface area contributed by atoms with Gasteiger partial charge in [0.25, 0.3) is 5.56 Å². The summed E-state index contributed by atoms with van der Waals surface area (Å²) in [6.45, 7) is 4.55. The van der Waals surface area contributed by atoms with Gasteiger partial charge < -0.3 is 0 Å². The molecule has 1 aliphatic rings. The number of para-hydroxylation sites is 2. The van der Waals surface area contributed by atoms with Crippen molar-refractivity contribution >= 4 is 32.7 Å². The van der Waals surface area contributed by atoms with E-state index in [1.54, 1.807) is 0 Å². The maximum absolute atomic E-state index is 15.1. The second-order valence-corrected chi connectivity index (χ2v) is 13.7. The van der Waals surface area contributed by atoms with E-state index in [4.69, 9.17) is 15.0 Å². The van der Waals surface area contributed by atoms with Gasteiger partial charge in [0.15, 0.2) is 11.6 Å². The van der Waals surface area contributed by atoms with Crippen LogP contribution in [0.3, 0.4) is 0 Å². The zero-order valence-electron chi connectivity index (χ0n) is 28.1. The van der Waals surface area contributed by atoms with E-state index in [1.165, 1.54) is 16.7 Å². The summed E-state index contributed by atoms with van der Waals surface area (Å²) in [7, 11) is 0. The Labute approximate surface area is 294 Å². The molecular formula is C45H31N5O. The lowest BCUT2D eigenvalue weighted by molar-refractivity contribution is 0.661. The summed E-state index contributed by atoms with van der Waals surface area (Å²) in [5.74, 6) is 1.58. The molecule has 0 spiro atoms. The molecule has 6 nitrogen and oxygen atoms in total. The minimum absolute atomic E-state index is 0.0928. The number of pyridine rings is 1. The number of benzene rings is 6. The van der Waals surface area contributed by atoms with Crippen molar-refractivity contribution in [2.75, 3.05) is 0 Å². The fraction of sp³-hybridized carbons (Fsp3) is 0.0667. The van der Waals surface area contributed by atoms with Gasteiger partial charge in [0, 0.05) is 33.0 Å². The van der Waals surface area contributed by atoms with Crippen LogP contribution in [-0.2, 0) is 5.41 Å². The first kappa shape index (κ1) is 29.3. The van der Waals surface area contributed by atoms with E-state index in [-0.39, 0.29) is 11.0 Å². The highest BCUT2D eigenvalue weighted by Gasteiger charge is 2.37. The third-order valence-electron chi connectivity index (χ3n) is 10.4. The molecule has 0 radical (unpaired) electrons. The van der Waals surface area contributed by atoms with Gasteiger partial charge in [0.2, 0.25) is 5.95 Å². The van der Waals surface area contributed by atoms with Crippen molar-refractivity contribution in [1.82, 2.24) is 24.1 Å². The van der Waals surface area contributed by atoms with Gasteiger partial charge in [0.05, 0.1) is 21.9 Å². The van der Waals surface area contributed by atoms with Gasteiger partial charge in [-0.15, -0.1) is 0 Å². The Morgan fingerprint density at radius 1 is 0.510 bits per heavy atom. The number of hydrogen-bond acceptors (Lipinski definition) is 4. The van der Waals surface area contributed by atoms with Crippen molar-refractivity contribution in [1.29, 1.82) is 0 Å². The molecule has 1 aliphatic carbocycles. The molecule has 9 aromatic rings. The normalized spacial score (nSPS) is 13.1. The molecule has 0 unspecified atom stereocenters. The molecule has 10 rings (SSSR count). The lowest BCUT2D eigenvalue weighted by atomic mass is 9.82. The van der Waals surface area contributed by atoms with Gasteiger partial charge in [-0.1, -0.05) is 135 Å². The number of nitrogens with zero attached hydrogens (tertiary/aromatic N) is 5. The molecule has 0 aliphatic heterocycles. The van der Waals surface area contributed by atoms with Gasteiger partial charge in [-0.3, -0.25) is 13.9 Å². The summed E-state index contributed by atoms with van der Waals surface area (Å²) in [4.78, 5) is 30.5. The van der Waals surface area contributed by atoms with E-state index in [0.29, 0.717) is 23.0 Å². The average molecular weight is 658 g/mol. The minimum Gasteiger partial charge on any atom is -0.277 e. The van der Waals surface area contributed by atoms with Crippen LogP contribution in [0.15, 0.2) is 156 Å². The SMILES string of the molecule is CC1(C)c2ccccc2-c2cc3c4c(=O)n(-c5ccccc5)c5ccccc5c4n(-c4nc(-c5ccccc5)nc(-c5ccccc5)n4)c3cc21. The lowest BCUT2D eigenvalue weighted by Gasteiger charge is -2.21. The summed E-state index contributed by atoms with van der Waals surface area (Å²) in [6, 6.07) is 51.1. The van der Waals surface area contributed by atoms with Crippen LogP contribution in [0.5, 0.6) is 0 Å². The van der Waals surface area contributed by atoms with Crippen LogP contribution in [0.4, 0.5) is 0 Å². The van der Waals surface area contributed by atoms with E-state index in [9.17, 15) is 0 Å². The molecule has 3 aromatic heterocycles. The van der Waals surface area contributed by atoms with E-state index >= 15 is 4.79 Å². The molecule has 0 saturated heterocycles. The highest BCUT2D eigenvalue weighted by atomic mass is 16.1. The summed E-state index contributed by atoms with van der Waals surface area (Å²) in [5, 5.41) is 2.41. The zero-order valence-corrected chi connectivity index (χ0v) is 28.1. The van der Waals surface area contributed by atoms with Crippen molar-refractivity contribution in [3.05, 3.63) is 173 Å². The zero-order chi connectivity index (χ0) is 34.3. The molecule has 6 heteroatoms. The van der Waals surface area contributed by atoms with Crippen molar-refractivity contribution in [3.63, 3.8) is 0 Å². The molecule has 0 fully saturated rings. The summed E-state index contributed by atoms with van der Waals surface area (Å²) in [6.07, 6.45) is 0. The van der Waals surface area contributed by atoms with Gasteiger partial charge in [-0.25, -0.2) is 4.98 Å². The molecule has 3 heterocycles. The fourth-order valence-electron chi connectivity index (χ4n) is 7.98. The highest BCUT2D eigenvalue weighted by molar-refractivity contribution is 6.18. The number of rotatable bonds is 4. The lowest BCUT2D eigenvalue weighted by Crippen LogP contribution is -2.19. The van der Waals surface area contributed by atoms with Crippen LogP contribution < -0.4 is 5.56 Å². The van der Waals surface area contributed by atoms with E-state index in [2.05, 4.69) is 60.9 Å². The average Bonchev–Trinajstić information content (AvgIpc) is 3.64. The van der Waals surface area contributed by atoms with Crippen molar-refractivity contribution in [2.24, 2.45) is 0 Å². The fourth-order valence-corrected chi connectivity index (χ4v) is 7.98. The molecule has 0 N–H and O–H groups in total. The van der Waals surface area contributed by atoms with Crippen LogP contribution in [0.25, 0.3) is 78.2 Å². The predicted molar refractivity (Wildman–Crippen MR) is 206 cm³/mol. The van der Waals surface area contributed by atoms with Gasteiger partial charge in [0.1, 0.15) is 0 Å². The van der Waals surface area contributed by atoms with E-state index in [1.807, 2.05) is 114 Å². The Hall–Kier alpha value is -6.66. The number of hydrogen-bond donors (Lipinski definition) is 0. The monoisotopic (exact) mass is 657 g/mol. The Kier molecular flexibility index (Phi) is 6.27. The molecule has 0 bridgehead atoms. The quantitative estimate of drug-likeness (QED) is 0.189. The van der Waals surface area contributed by atoms with Crippen LogP contribution >= 0.6 is 0 Å². The van der Waals surface area contributed by atoms with Gasteiger partial charge in [-0.05, 0) is 52.6 Å². The molecule has 0 amide bonds. The third-order valence-corrected chi connectivity index (χ3v) is 10.4. The highest BCUT2D eigenvalue weighted by Crippen LogP contribution is 2.51. The van der Waals surface area contributed by atoms with Crippen LogP contribution in [0.2, 0.25) is 0 Å². The minimum atomic E-state index is -0.253. The number of fused-ring (bicyclic) bond motifs is 8. The largest absolute Gasteiger partial charge is 0.277 e. The third kappa shape index (κ3) is 4.29. The molecule has 51 heavy (non-hydrogen) atoms. The van der Waals surface area contributed by atoms with Crippen LogP contribution in [0, 0.1) is 0 Å². The van der Waals surface area contributed by atoms with Gasteiger partial charge in [-0.2, -0.15) is 9.97 Å².